The van der Waals surface area contributed by atoms with E-state index in [4.69, 9.17) is 27.9 Å². The summed E-state index contributed by atoms with van der Waals surface area (Å²) in [5.41, 5.74) is -0.420. The lowest BCUT2D eigenvalue weighted by Crippen LogP contribution is -2.36. The molecule has 2 heterocycles. The van der Waals surface area contributed by atoms with Gasteiger partial charge in [0.15, 0.2) is 11.5 Å². The van der Waals surface area contributed by atoms with Crippen LogP contribution < -0.4 is 4.90 Å². The molecule has 14 heteroatoms. The molecular formula is C23H21Cl2F3N4O4S. The SMILES string of the molecule is CCOC(=O)c1nc2cc(Cl)c(Cl)cc2nc1N1CCCN(S(=O)(=O)c2cccc(C(F)(F)F)c2)CC1. The van der Waals surface area contributed by atoms with Crippen LogP contribution in [0.25, 0.3) is 11.0 Å². The molecular weight excluding hydrogens is 556 g/mol. The van der Waals surface area contributed by atoms with Gasteiger partial charge < -0.3 is 9.64 Å². The first-order chi connectivity index (χ1) is 17.4. The number of ether oxygens (including phenoxy) is 1. The molecule has 1 saturated heterocycles. The molecule has 0 spiro atoms. The topological polar surface area (TPSA) is 92.7 Å². The van der Waals surface area contributed by atoms with E-state index in [2.05, 4.69) is 9.97 Å². The Balaban J connectivity index is 1.66. The molecule has 37 heavy (non-hydrogen) atoms. The van der Waals surface area contributed by atoms with Gasteiger partial charge >= 0.3 is 12.1 Å². The van der Waals surface area contributed by atoms with E-state index < -0.39 is 32.6 Å². The Morgan fingerprint density at radius 2 is 1.70 bits per heavy atom. The van der Waals surface area contributed by atoms with Crippen molar-refractivity contribution < 1.29 is 31.1 Å². The van der Waals surface area contributed by atoms with Crippen LogP contribution in [0.2, 0.25) is 10.0 Å². The molecule has 0 aliphatic carbocycles. The van der Waals surface area contributed by atoms with Gasteiger partial charge in [0, 0.05) is 26.2 Å². The fourth-order valence-electron chi connectivity index (χ4n) is 3.93. The van der Waals surface area contributed by atoms with Crippen molar-refractivity contribution in [2.75, 3.05) is 37.7 Å². The number of aromatic nitrogens is 2. The highest BCUT2D eigenvalue weighted by Crippen LogP contribution is 2.32. The zero-order valence-electron chi connectivity index (χ0n) is 19.4. The number of anilines is 1. The van der Waals surface area contributed by atoms with Crippen molar-refractivity contribution in [3.05, 3.63) is 57.7 Å². The van der Waals surface area contributed by atoms with Crippen LogP contribution in [0.15, 0.2) is 41.3 Å². The van der Waals surface area contributed by atoms with Crippen LogP contribution in [-0.4, -0.2) is 61.4 Å². The molecule has 8 nitrogen and oxygen atoms in total. The third-order valence-electron chi connectivity index (χ3n) is 5.71. The minimum Gasteiger partial charge on any atom is -0.461 e. The highest BCUT2D eigenvalue weighted by molar-refractivity contribution is 7.89. The number of halogens is 5. The quantitative estimate of drug-likeness (QED) is 0.393. The van der Waals surface area contributed by atoms with Crippen LogP contribution in [0.1, 0.15) is 29.4 Å². The number of esters is 1. The van der Waals surface area contributed by atoms with Gasteiger partial charge in [-0.2, -0.15) is 17.5 Å². The Morgan fingerprint density at radius 1 is 1.03 bits per heavy atom. The maximum absolute atomic E-state index is 13.2. The summed E-state index contributed by atoms with van der Waals surface area (Å²) in [5, 5.41) is 0.476. The first-order valence-corrected chi connectivity index (χ1v) is 13.4. The Labute approximate surface area is 221 Å². The van der Waals surface area contributed by atoms with Crippen molar-refractivity contribution in [2.24, 2.45) is 0 Å². The van der Waals surface area contributed by atoms with Crippen LogP contribution in [0.5, 0.6) is 0 Å². The molecule has 0 bridgehead atoms. The van der Waals surface area contributed by atoms with Gasteiger partial charge in [-0.15, -0.1) is 0 Å². The number of carbonyl (C=O) groups is 1. The maximum Gasteiger partial charge on any atom is 0.416 e. The van der Waals surface area contributed by atoms with Crippen LogP contribution in [0, 0.1) is 0 Å². The minimum absolute atomic E-state index is 0.0536. The highest BCUT2D eigenvalue weighted by Gasteiger charge is 2.34. The number of alkyl halides is 3. The number of benzene rings is 2. The first kappa shape index (κ1) is 27.4. The van der Waals surface area contributed by atoms with E-state index >= 15 is 0 Å². The molecule has 198 valence electrons. The number of carbonyl (C=O) groups excluding carboxylic acids is 1. The van der Waals surface area contributed by atoms with E-state index in [0.717, 1.165) is 22.5 Å². The lowest BCUT2D eigenvalue weighted by Gasteiger charge is -2.24. The molecule has 1 aromatic heterocycles. The second kappa shape index (κ2) is 10.6. The minimum atomic E-state index is -4.67. The molecule has 1 fully saturated rings. The largest absolute Gasteiger partial charge is 0.461 e. The zero-order valence-corrected chi connectivity index (χ0v) is 21.8. The van der Waals surface area contributed by atoms with Crippen molar-refractivity contribution >= 4 is 56.0 Å². The Kier molecular flexibility index (Phi) is 7.84. The third-order valence-corrected chi connectivity index (χ3v) is 8.33. The van der Waals surface area contributed by atoms with Gasteiger partial charge in [0.1, 0.15) is 0 Å². The molecule has 3 aromatic rings. The summed E-state index contributed by atoms with van der Waals surface area (Å²) in [5.74, 6) is -0.529. The second-order valence-electron chi connectivity index (χ2n) is 8.14. The molecule has 0 unspecified atom stereocenters. The van der Waals surface area contributed by atoms with Gasteiger partial charge in [-0.3, -0.25) is 0 Å². The molecule has 1 aliphatic heterocycles. The lowest BCUT2D eigenvalue weighted by molar-refractivity contribution is -0.137. The summed E-state index contributed by atoms with van der Waals surface area (Å²) in [4.78, 5) is 22.9. The molecule has 4 rings (SSSR count). The fraction of sp³-hybridized carbons (Fsp3) is 0.348. The zero-order chi connectivity index (χ0) is 27.0. The van der Waals surface area contributed by atoms with E-state index in [1.165, 1.54) is 12.1 Å². The number of rotatable bonds is 5. The Hall–Kier alpha value is -2.67. The first-order valence-electron chi connectivity index (χ1n) is 11.2. The normalized spacial score (nSPS) is 15.6. The van der Waals surface area contributed by atoms with E-state index in [1.807, 2.05) is 0 Å². The van der Waals surface area contributed by atoms with Crippen molar-refractivity contribution in [1.29, 1.82) is 0 Å². The fourth-order valence-corrected chi connectivity index (χ4v) is 5.76. The number of hydrogen-bond donors (Lipinski definition) is 0. The molecule has 0 radical (unpaired) electrons. The van der Waals surface area contributed by atoms with Crippen LogP contribution in [-0.2, 0) is 20.9 Å². The summed E-state index contributed by atoms with van der Waals surface area (Å²) in [6.45, 7) is 2.16. The van der Waals surface area contributed by atoms with Gasteiger partial charge in [-0.1, -0.05) is 29.3 Å². The Morgan fingerprint density at radius 3 is 2.35 bits per heavy atom. The van der Waals surface area contributed by atoms with E-state index in [-0.39, 0.29) is 47.8 Å². The van der Waals surface area contributed by atoms with Crippen molar-refractivity contribution in [3.63, 3.8) is 0 Å². The number of nitrogens with zero attached hydrogens (tertiary/aromatic N) is 4. The summed E-state index contributed by atoms with van der Waals surface area (Å²) in [6, 6.07) is 6.62. The van der Waals surface area contributed by atoms with E-state index in [0.29, 0.717) is 30.1 Å². The van der Waals surface area contributed by atoms with Crippen LogP contribution in [0.3, 0.4) is 0 Å². The van der Waals surface area contributed by atoms with Gasteiger partial charge in [-0.25, -0.2) is 23.2 Å². The van der Waals surface area contributed by atoms with Crippen molar-refractivity contribution in [3.8, 4) is 0 Å². The maximum atomic E-state index is 13.2. The summed E-state index contributed by atoms with van der Waals surface area (Å²) < 4.78 is 72.0. The van der Waals surface area contributed by atoms with Gasteiger partial charge in [0.25, 0.3) is 0 Å². The smallest absolute Gasteiger partial charge is 0.416 e. The Bertz CT molecular complexity index is 1450. The second-order valence-corrected chi connectivity index (χ2v) is 10.9. The molecule has 0 saturated carbocycles. The summed E-state index contributed by atoms with van der Waals surface area (Å²) in [6.07, 6.45) is -4.35. The number of hydrogen-bond acceptors (Lipinski definition) is 7. The molecule has 0 atom stereocenters. The van der Waals surface area contributed by atoms with E-state index in [1.54, 1.807) is 11.8 Å². The molecule has 0 N–H and O–H groups in total. The number of sulfonamides is 1. The van der Waals surface area contributed by atoms with Gasteiger partial charge in [-0.05, 0) is 43.7 Å². The average molecular weight is 577 g/mol. The molecule has 2 aromatic carbocycles. The number of fused-ring (bicyclic) bond motifs is 1. The standard InChI is InChI=1S/C23H21Cl2F3N4O4S/c1-2-36-22(33)20-21(30-19-13-17(25)16(24)12-18(19)29-20)31-7-4-8-32(10-9-31)37(34,35)15-6-3-5-14(11-15)23(26,27)28/h3,5-6,11-13H,2,4,7-10H2,1H3. The predicted molar refractivity (Wildman–Crippen MR) is 133 cm³/mol. The molecule has 1 aliphatic rings. The monoisotopic (exact) mass is 576 g/mol. The summed E-state index contributed by atoms with van der Waals surface area (Å²) in [7, 11) is -4.21. The van der Waals surface area contributed by atoms with Gasteiger partial charge in [0.05, 0.1) is 38.1 Å². The van der Waals surface area contributed by atoms with E-state index in [9.17, 15) is 26.4 Å². The third kappa shape index (κ3) is 5.77. The highest BCUT2D eigenvalue weighted by atomic mass is 35.5. The summed E-state index contributed by atoms with van der Waals surface area (Å²) >= 11 is 12.2. The van der Waals surface area contributed by atoms with Crippen LogP contribution in [0.4, 0.5) is 19.0 Å². The van der Waals surface area contributed by atoms with Gasteiger partial charge in [0.2, 0.25) is 10.0 Å². The average Bonchev–Trinajstić information content (AvgIpc) is 3.11. The van der Waals surface area contributed by atoms with Crippen molar-refractivity contribution in [2.45, 2.75) is 24.4 Å². The van der Waals surface area contributed by atoms with Crippen molar-refractivity contribution in [1.82, 2.24) is 14.3 Å². The van der Waals surface area contributed by atoms with Crippen LogP contribution >= 0.6 is 23.2 Å². The molecule has 0 amide bonds. The predicted octanol–water partition coefficient (Wildman–Crippen LogP) is 5.03. The lowest BCUT2D eigenvalue weighted by atomic mass is 10.2.